The molecule has 6 atom stereocenters. The maximum absolute atomic E-state index is 13.0. The van der Waals surface area contributed by atoms with Crippen LogP contribution in [0.25, 0.3) is 0 Å². The molecule has 4 heteroatoms. The number of hydrogen-bond acceptors (Lipinski definition) is 4. The quantitative estimate of drug-likeness (QED) is 0.665. The van der Waals surface area contributed by atoms with Crippen molar-refractivity contribution < 1.29 is 19.0 Å². The van der Waals surface area contributed by atoms with E-state index in [1.807, 2.05) is 6.08 Å². The van der Waals surface area contributed by atoms with Gasteiger partial charge < -0.3 is 14.2 Å². The van der Waals surface area contributed by atoms with E-state index < -0.39 is 5.60 Å². The monoisotopic (exact) mass is 348 g/mol. The minimum absolute atomic E-state index is 0.0160. The number of hydrogen-bond donors (Lipinski definition) is 0. The van der Waals surface area contributed by atoms with Crippen molar-refractivity contribution in [3.8, 4) is 0 Å². The average molecular weight is 348 g/mol. The van der Waals surface area contributed by atoms with Crippen molar-refractivity contribution in [1.82, 2.24) is 0 Å². The standard InChI is InChI=1S/C21H32O4/c1-13-15(22)12-16-19(2,3)8-6-9-20(16,4)21(13)10-7-14-11-17(23-5)24-18(14)25-21/h11,13,16-18H,6-10,12H2,1-5H3/t13-,16?,17?,18?,20+,21-/m1/s1. The second-order valence-electron chi connectivity index (χ2n) is 9.53. The van der Waals surface area contributed by atoms with Gasteiger partial charge in [-0.1, -0.05) is 34.1 Å². The molecule has 2 aliphatic carbocycles. The highest BCUT2D eigenvalue weighted by molar-refractivity contribution is 5.84. The van der Waals surface area contributed by atoms with Gasteiger partial charge in [-0.15, -0.1) is 0 Å². The van der Waals surface area contributed by atoms with Crippen LogP contribution in [0.3, 0.4) is 0 Å². The number of carbonyl (C=O) groups is 1. The summed E-state index contributed by atoms with van der Waals surface area (Å²) < 4.78 is 18.0. The number of carbonyl (C=O) groups excluding carboxylic acids is 1. The highest BCUT2D eigenvalue weighted by Gasteiger charge is 2.66. The zero-order valence-corrected chi connectivity index (χ0v) is 16.3. The highest BCUT2D eigenvalue weighted by Crippen LogP contribution is 2.65. The fraction of sp³-hybridized carbons (Fsp3) is 0.857. The van der Waals surface area contributed by atoms with Gasteiger partial charge in [0.1, 0.15) is 5.78 Å². The SMILES string of the molecule is COC1C=C2CC[C@@]3(OC2O1)[C@H](C)C(=O)CC1C(C)(C)CCC[C@@]13C. The summed E-state index contributed by atoms with van der Waals surface area (Å²) in [6.45, 7) is 9.16. The van der Waals surface area contributed by atoms with Crippen molar-refractivity contribution in [2.24, 2.45) is 22.7 Å². The van der Waals surface area contributed by atoms with E-state index >= 15 is 0 Å². The lowest BCUT2D eigenvalue weighted by atomic mass is 9.43. The summed E-state index contributed by atoms with van der Waals surface area (Å²) in [6, 6.07) is 0. The van der Waals surface area contributed by atoms with Crippen molar-refractivity contribution in [2.75, 3.05) is 7.11 Å². The lowest BCUT2D eigenvalue weighted by Crippen LogP contribution is -2.67. The first-order valence-electron chi connectivity index (χ1n) is 9.83. The van der Waals surface area contributed by atoms with Crippen molar-refractivity contribution in [3.63, 3.8) is 0 Å². The Morgan fingerprint density at radius 1 is 1.20 bits per heavy atom. The van der Waals surface area contributed by atoms with Crippen LogP contribution in [-0.2, 0) is 19.0 Å². The van der Waals surface area contributed by atoms with Crippen molar-refractivity contribution >= 4 is 5.78 Å². The van der Waals surface area contributed by atoms with Crippen LogP contribution in [0.5, 0.6) is 0 Å². The number of ether oxygens (including phenoxy) is 3. The van der Waals surface area contributed by atoms with Crippen LogP contribution in [0.4, 0.5) is 0 Å². The fourth-order valence-electron chi connectivity index (χ4n) is 6.51. The molecule has 2 saturated carbocycles. The number of rotatable bonds is 1. The molecular weight excluding hydrogens is 316 g/mol. The van der Waals surface area contributed by atoms with Crippen LogP contribution in [0.2, 0.25) is 0 Å². The van der Waals surface area contributed by atoms with Gasteiger partial charge in [0.15, 0.2) is 12.6 Å². The Balaban J connectivity index is 1.74. The Labute approximate surface area is 151 Å². The molecule has 0 aromatic heterocycles. The molecule has 4 nitrogen and oxygen atoms in total. The Morgan fingerprint density at radius 2 is 1.96 bits per heavy atom. The zero-order valence-electron chi connectivity index (χ0n) is 16.3. The molecule has 0 bridgehead atoms. The first-order chi connectivity index (χ1) is 11.7. The van der Waals surface area contributed by atoms with Crippen LogP contribution < -0.4 is 0 Å². The van der Waals surface area contributed by atoms with Crippen LogP contribution in [0.1, 0.15) is 66.2 Å². The van der Waals surface area contributed by atoms with Gasteiger partial charge in [0.25, 0.3) is 0 Å². The molecule has 3 unspecified atom stereocenters. The second kappa shape index (κ2) is 5.64. The third-order valence-electron chi connectivity index (χ3n) is 8.03. The van der Waals surface area contributed by atoms with Gasteiger partial charge in [-0.05, 0) is 48.7 Å². The van der Waals surface area contributed by atoms with Gasteiger partial charge >= 0.3 is 0 Å². The molecule has 25 heavy (non-hydrogen) atoms. The Kier molecular flexibility index (Phi) is 3.99. The molecule has 1 spiro atoms. The van der Waals surface area contributed by atoms with E-state index in [1.165, 1.54) is 18.4 Å². The lowest BCUT2D eigenvalue weighted by Gasteiger charge is -2.65. The molecule has 0 radical (unpaired) electrons. The molecule has 3 fully saturated rings. The van der Waals surface area contributed by atoms with Crippen LogP contribution in [0.15, 0.2) is 11.6 Å². The summed E-state index contributed by atoms with van der Waals surface area (Å²) in [7, 11) is 1.66. The van der Waals surface area contributed by atoms with Gasteiger partial charge in [-0.2, -0.15) is 0 Å². The van der Waals surface area contributed by atoms with Gasteiger partial charge in [-0.3, -0.25) is 4.79 Å². The summed E-state index contributed by atoms with van der Waals surface area (Å²) >= 11 is 0. The van der Waals surface area contributed by atoms with Crippen molar-refractivity contribution in [3.05, 3.63) is 11.6 Å². The molecule has 140 valence electrons. The molecule has 4 rings (SSSR count). The van der Waals surface area contributed by atoms with E-state index in [2.05, 4.69) is 27.7 Å². The van der Waals surface area contributed by atoms with E-state index in [1.54, 1.807) is 7.11 Å². The van der Waals surface area contributed by atoms with Crippen LogP contribution >= 0.6 is 0 Å². The molecule has 0 aromatic rings. The minimum atomic E-state index is -0.421. The molecule has 2 aliphatic heterocycles. The minimum Gasteiger partial charge on any atom is -0.352 e. The number of fused-ring (bicyclic) bond motifs is 3. The number of Topliss-reactive ketones (excluding diaryl/α,β-unsaturated/α-hetero) is 1. The van der Waals surface area contributed by atoms with Crippen LogP contribution in [-0.4, -0.2) is 31.1 Å². The summed E-state index contributed by atoms with van der Waals surface area (Å²) in [6.07, 6.45) is 7.45. The van der Waals surface area contributed by atoms with Crippen LogP contribution in [0, 0.1) is 22.7 Å². The molecule has 2 heterocycles. The zero-order chi connectivity index (χ0) is 18.0. The van der Waals surface area contributed by atoms with Gasteiger partial charge in [0, 0.05) is 24.9 Å². The number of methoxy groups -OCH3 is 1. The summed E-state index contributed by atoms with van der Waals surface area (Å²) in [4.78, 5) is 13.0. The lowest BCUT2D eigenvalue weighted by molar-refractivity contribution is -0.306. The van der Waals surface area contributed by atoms with E-state index in [0.29, 0.717) is 18.1 Å². The van der Waals surface area contributed by atoms with E-state index in [-0.39, 0.29) is 29.3 Å². The molecule has 1 saturated heterocycles. The largest absolute Gasteiger partial charge is 0.352 e. The maximum Gasteiger partial charge on any atom is 0.184 e. The normalized spacial score (nSPS) is 48.8. The Hall–Kier alpha value is -0.710. The van der Waals surface area contributed by atoms with Gasteiger partial charge in [0.2, 0.25) is 0 Å². The van der Waals surface area contributed by atoms with Gasteiger partial charge in [-0.25, -0.2) is 0 Å². The maximum atomic E-state index is 13.0. The Bertz CT molecular complexity index is 609. The molecule has 0 N–H and O–H groups in total. The topological polar surface area (TPSA) is 44.8 Å². The molecular formula is C21H32O4. The molecule has 0 amide bonds. The highest BCUT2D eigenvalue weighted by atomic mass is 16.8. The molecule has 4 aliphatic rings. The van der Waals surface area contributed by atoms with Crippen molar-refractivity contribution in [2.45, 2.75) is 84.4 Å². The first-order valence-corrected chi connectivity index (χ1v) is 9.83. The van der Waals surface area contributed by atoms with E-state index in [9.17, 15) is 4.79 Å². The predicted molar refractivity (Wildman–Crippen MR) is 94.8 cm³/mol. The van der Waals surface area contributed by atoms with Gasteiger partial charge in [0.05, 0.1) is 5.60 Å². The van der Waals surface area contributed by atoms with Crippen molar-refractivity contribution in [1.29, 1.82) is 0 Å². The predicted octanol–water partition coefficient (Wildman–Crippen LogP) is 4.23. The Morgan fingerprint density at radius 3 is 2.68 bits per heavy atom. The summed E-state index contributed by atoms with van der Waals surface area (Å²) in [5.74, 6) is 0.670. The summed E-state index contributed by atoms with van der Waals surface area (Å²) in [5, 5.41) is 0. The van der Waals surface area contributed by atoms with E-state index in [4.69, 9.17) is 14.2 Å². The average Bonchev–Trinajstić information content (AvgIpc) is 2.97. The summed E-state index contributed by atoms with van der Waals surface area (Å²) in [5.41, 5.74) is 0.955. The first kappa shape index (κ1) is 17.7. The third kappa shape index (κ3) is 2.33. The number of ketones is 1. The smallest absolute Gasteiger partial charge is 0.184 e. The second-order valence-corrected chi connectivity index (χ2v) is 9.53. The van der Waals surface area contributed by atoms with E-state index in [0.717, 1.165) is 19.3 Å². The third-order valence-corrected chi connectivity index (χ3v) is 8.03. The molecule has 0 aromatic carbocycles. The fourth-order valence-corrected chi connectivity index (χ4v) is 6.51.